The van der Waals surface area contributed by atoms with Crippen molar-refractivity contribution < 1.29 is 14.3 Å². The van der Waals surface area contributed by atoms with Gasteiger partial charge in [-0.15, -0.1) is 0 Å². The van der Waals surface area contributed by atoms with Crippen LogP contribution in [-0.2, 0) is 16.1 Å². The van der Waals surface area contributed by atoms with Gasteiger partial charge in [-0.3, -0.25) is 14.6 Å². The summed E-state index contributed by atoms with van der Waals surface area (Å²) in [6.45, 7) is 9.78. The first kappa shape index (κ1) is 19.1. The zero-order valence-corrected chi connectivity index (χ0v) is 15.8. The molecular weight excluding hydrogens is 330 g/mol. The van der Waals surface area contributed by atoms with Gasteiger partial charge in [0.15, 0.2) is 0 Å². The fourth-order valence-corrected chi connectivity index (χ4v) is 3.71. The minimum absolute atomic E-state index is 0.0625. The number of amides is 1. The summed E-state index contributed by atoms with van der Waals surface area (Å²) in [5.41, 5.74) is 1.26. The zero-order valence-electron chi connectivity index (χ0n) is 15.8. The van der Waals surface area contributed by atoms with E-state index in [4.69, 9.17) is 9.47 Å². The Morgan fingerprint density at radius 3 is 2.92 bits per heavy atom. The number of carbonyl (C=O) groups excluding carboxylic acids is 1. The lowest BCUT2D eigenvalue weighted by atomic mass is 10.0. The number of hydrogen-bond donors (Lipinski definition) is 1. The molecule has 6 heteroatoms. The smallest absolute Gasteiger partial charge is 0.217 e. The minimum Gasteiger partial charge on any atom is -0.492 e. The van der Waals surface area contributed by atoms with Gasteiger partial charge in [0.2, 0.25) is 5.91 Å². The molecule has 2 fully saturated rings. The maximum absolute atomic E-state index is 11.3. The predicted molar refractivity (Wildman–Crippen MR) is 101 cm³/mol. The van der Waals surface area contributed by atoms with Crippen LogP contribution in [0.25, 0.3) is 0 Å². The molecule has 1 atom stereocenters. The molecule has 3 rings (SSSR count). The average molecular weight is 361 g/mol. The SMILES string of the molecule is CC(=O)N[C@@H]1CCCN(Cc2cccc(OCCN3CCOCC3)c2)C1. The van der Waals surface area contributed by atoms with E-state index in [0.717, 1.165) is 71.1 Å². The molecule has 0 bridgehead atoms. The highest BCUT2D eigenvalue weighted by Gasteiger charge is 2.20. The lowest BCUT2D eigenvalue weighted by Gasteiger charge is -2.33. The first-order chi connectivity index (χ1) is 12.7. The van der Waals surface area contributed by atoms with Crippen LogP contribution in [0.4, 0.5) is 0 Å². The Labute approximate surface area is 156 Å². The number of rotatable bonds is 7. The van der Waals surface area contributed by atoms with Crippen molar-refractivity contribution >= 4 is 5.91 Å². The van der Waals surface area contributed by atoms with Crippen molar-refractivity contribution in [3.05, 3.63) is 29.8 Å². The molecule has 0 saturated carbocycles. The van der Waals surface area contributed by atoms with Gasteiger partial charge in [0.05, 0.1) is 13.2 Å². The van der Waals surface area contributed by atoms with Crippen LogP contribution in [0.2, 0.25) is 0 Å². The maximum atomic E-state index is 11.3. The normalized spacial score (nSPS) is 22.1. The van der Waals surface area contributed by atoms with Gasteiger partial charge in [-0.25, -0.2) is 0 Å². The summed E-state index contributed by atoms with van der Waals surface area (Å²) >= 11 is 0. The van der Waals surface area contributed by atoms with Crippen LogP contribution in [-0.4, -0.2) is 74.3 Å². The summed E-state index contributed by atoms with van der Waals surface area (Å²) in [7, 11) is 0. The molecule has 0 unspecified atom stereocenters. The Morgan fingerprint density at radius 1 is 1.27 bits per heavy atom. The van der Waals surface area contributed by atoms with E-state index in [9.17, 15) is 4.79 Å². The first-order valence-corrected chi connectivity index (χ1v) is 9.70. The summed E-state index contributed by atoms with van der Waals surface area (Å²) in [6.07, 6.45) is 2.20. The summed E-state index contributed by atoms with van der Waals surface area (Å²) in [5.74, 6) is 0.999. The second kappa shape index (κ2) is 9.90. The molecule has 26 heavy (non-hydrogen) atoms. The standard InChI is InChI=1S/C20H31N3O3/c1-17(24)21-19-5-3-7-23(16-19)15-18-4-2-6-20(14-18)26-13-10-22-8-11-25-12-9-22/h2,4,6,14,19H,3,5,7-13,15-16H2,1H3,(H,21,24)/t19-/m1/s1. The number of likely N-dealkylation sites (tertiary alicyclic amines) is 1. The number of benzene rings is 1. The van der Waals surface area contributed by atoms with E-state index in [1.165, 1.54) is 5.56 Å². The monoisotopic (exact) mass is 361 g/mol. The molecule has 2 heterocycles. The van der Waals surface area contributed by atoms with Crippen molar-refractivity contribution in [2.24, 2.45) is 0 Å². The van der Waals surface area contributed by atoms with E-state index in [0.29, 0.717) is 6.61 Å². The number of piperidine rings is 1. The highest BCUT2D eigenvalue weighted by molar-refractivity contribution is 5.73. The molecule has 0 radical (unpaired) electrons. The van der Waals surface area contributed by atoms with Crippen LogP contribution in [0.5, 0.6) is 5.75 Å². The van der Waals surface area contributed by atoms with Gasteiger partial charge < -0.3 is 14.8 Å². The largest absolute Gasteiger partial charge is 0.492 e. The van der Waals surface area contributed by atoms with Crippen molar-refractivity contribution in [3.63, 3.8) is 0 Å². The summed E-state index contributed by atoms with van der Waals surface area (Å²) in [6, 6.07) is 8.65. The second-order valence-corrected chi connectivity index (χ2v) is 7.22. The summed E-state index contributed by atoms with van der Waals surface area (Å²) in [5, 5.41) is 3.05. The number of morpholine rings is 1. The average Bonchev–Trinajstić information content (AvgIpc) is 2.63. The van der Waals surface area contributed by atoms with E-state index in [1.807, 2.05) is 6.07 Å². The highest BCUT2D eigenvalue weighted by Crippen LogP contribution is 2.18. The summed E-state index contributed by atoms with van der Waals surface area (Å²) in [4.78, 5) is 16.1. The lowest BCUT2D eigenvalue weighted by Crippen LogP contribution is -2.46. The molecule has 1 aromatic carbocycles. The number of nitrogens with one attached hydrogen (secondary N) is 1. The van der Waals surface area contributed by atoms with Gasteiger partial charge in [0.1, 0.15) is 12.4 Å². The van der Waals surface area contributed by atoms with Gasteiger partial charge in [0, 0.05) is 45.7 Å². The second-order valence-electron chi connectivity index (χ2n) is 7.22. The van der Waals surface area contributed by atoms with Crippen LogP contribution in [0.1, 0.15) is 25.3 Å². The van der Waals surface area contributed by atoms with E-state index in [-0.39, 0.29) is 11.9 Å². The molecule has 1 aromatic rings. The number of ether oxygens (including phenoxy) is 2. The third kappa shape index (κ3) is 6.27. The number of nitrogens with zero attached hydrogens (tertiary/aromatic N) is 2. The fourth-order valence-electron chi connectivity index (χ4n) is 3.71. The Hall–Kier alpha value is -1.63. The van der Waals surface area contributed by atoms with Crippen molar-refractivity contribution in [3.8, 4) is 5.75 Å². The van der Waals surface area contributed by atoms with Crippen LogP contribution in [0, 0.1) is 0 Å². The molecule has 144 valence electrons. The van der Waals surface area contributed by atoms with Crippen LogP contribution in [0.3, 0.4) is 0 Å². The summed E-state index contributed by atoms with van der Waals surface area (Å²) < 4.78 is 11.3. The van der Waals surface area contributed by atoms with E-state index in [2.05, 4.69) is 33.3 Å². The Kier molecular flexibility index (Phi) is 7.29. The molecular formula is C20H31N3O3. The number of carbonyl (C=O) groups is 1. The molecule has 2 aliphatic heterocycles. The topological polar surface area (TPSA) is 54.0 Å². The zero-order chi connectivity index (χ0) is 18.2. The van der Waals surface area contributed by atoms with Crippen molar-refractivity contribution in [1.82, 2.24) is 15.1 Å². The van der Waals surface area contributed by atoms with Crippen molar-refractivity contribution in [1.29, 1.82) is 0 Å². The van der Waals surface area contributed by atoms with E-state index >= 15 is 0 Å². The maximum Gasteiger partial charge on any atom is 0.217 e. The van der Waals surface area contributed by atoms with Crippen LogP contribution >= 0.6 is 0 Å². The quantitative estimate of drug-likeness (QED) is 0.798. The fraction of sp³-hybridized carbons (Fsp3) is 0.650. The Morgan fingerprint density at radius 2 is 2.12 bits per heavy atom. The third-order valence-electron chi connectivity index (χ3n) is 5.00. The lowest BCUT2D eigenvalue weighted by molar-refractivity contribution is -0.120. The first-order valence-electron chi connectivity index (χ1n) is 9.70. The molecule has 0 spiro atoms. The van der Waals surface area contributed by atoms with Gasteiger partial charge >= 0.3 is 0 Å². The van der Waals surface area contributed by atoms with E-state index < -0.39 is 0 Å². The minimum atomic E-state index is 0.0625. The highest BCUT2D eigenvalue weighted by atomic mass is 16.5. The molecule has 1 amide bonds. The van der Waals surface area contributed by atoms with Gasteiger partial charge in [-0.1, -0.05) is 12.1 Å². The molecule has 0 aliphatic carbocycles. The van der Waals surface area contributed by atoms with Crippen molar-refractivity contribution in [2.45, 2.75) is 32.4 Å². The van der Waals surface area contributed by atoms with E-state index in [1.54, 1.807) is 6.92 Å². The Bertz CT molecular complexity index is 575. The predicted octanol–water partition coefficient (Wildman–Crippen LogP) is 1.50. The van der Waals surface area contributed by atoms with Gasteiger partial charge in [-0.2, -0.15) is 0 Å². The Balaban J connectivity index is 1.45. The van der Waals surface area contributed by atoms with Gasteiger partial charge in [-0.05, 0) is 37.1 Å². The molecule has 2 saturated heterocycles. The molecule has 1 N–H and O–H groups in total. The van der Waals surface area contributed by atoms with Crippen LogP contribution in [0.15, 0.2) is 24.3 Å². The van der Waals surface area contributed by atoms with Crippen LogP contribution < -0.4 is 10.1 Å². The number of hydrogen-bond acceptors (Lipinski definition) is 5. The van der Waals surface area contributed by atoms with Gasteiger partial charge in [0.25, 0.3) is 0 Å². The van der Waals surface area contributed by atoms with Crippen molar-refractivity contribution in [2.75, 3.05) is 52.5 Å². The third-order valence-corrected chi connectivity index (χ3v) is 5.00. The molecule has 0 aromatic heterocycles. The molecule has 2 aliphatic rings. The molecule has 6 nitrogen and oxygen atoms in total.